The van der Waals surface area contributed by atoms with Crippen LogP contribution in [0.5, 0.6) is 5.75 Å². The number of anilines is 1. The van der Waals surface area contributed by atoms with Crippen LogP contribution in [0.4, 0.5) is 10.5 Å². The maximum Gasteiger partial charge on any atom is 0.421 e. The molecule has 8 rings (SSSR count). The number of morpholine rings is 1. The van der Waals surface area contributed by atoms with Gasteiger partial charge in [0.2, 0.25) is 11.8 Å². The maximum atomic E-state index is 16.0. The highest BCUT2D eigenvalue weighted by Crippen LogP contribution is 2.66. The lowest BCUT2D eigenvalue weighted by molar-refractivity contribution is -0.179. The van der Waals surface area contributed by atoms with Gasteiger partial charge in [-0.3, -0.25) is 19.3 Å². The van der Waals surface area contributed by atoms with Crippen LogP contribution >= 0.6 is 0 Å². The molecule has 302 valence electrons. The average molecular weight is 788 g/mol. The summed E-state index contributed by atoms with van der Waals surface area (Å²) in [6, 6.07) is 30.6. The minimum Gasteiger partial charge on any atom is -0.491 e. The molecule has 4 aromatic rings. The monoisotopic (exact) mass is 787 g/mol. The Morgan fingerprint density at radius 2 is 1.38 bits per heavy atom. The lowest BCUT2D eigenvalue weighted by atomic mass is 9.65. The molecular formula is C46H49N3O9. The van der Waals surface area contributed by atoms with E-state index in [1.54, 1.807) is 36.4 Å². The molecule has 0 aromatic heterocycles. The first-order chi connectivity index (χ1) is 28.4. The number of nitrogens with zero attached hydrogens (tertiary/aromatic N) is 3. The Morgan fingerprint density at radius 1 is 0.741 bits per heavy atom. The summed E-state index contributed by atoms with van der Waals surface area (Å²) in [4.78, 5) is 66.0. The van der Waals surface area contributed by atoms with Crippen LogP contribution < -0.4 is 9.64 Å². The van der Waals surface area contributed by atoms with E-state index in [2.05, 4.69) is 0 Å². The summed E-state index contributed by atoms with van der Waals surface area (Å²) in [6.07, 6.45) is 2.84. The van der Waals surface area contributed by atoms with Crippen molar-refractivity contribution in [3.8, 4) is 5.75 Å². The Balaban J connectivity index is 1.41. The second kappa shape index (κ2) is 17.1. The Bertz CT molecular complexity index is 2090. The van der Waals surface area contributed by atoms with Gasteiger partial charge in [-0.2, -0.15) is 0 Å². The van der Waals surface area contributed by atoms with E-state index in [1.807, 2.05) is 82.6 Å². The normalized spacial score (nSPS) is 25.7. The topological polar surface area (TPSA) is 135 Å². The average Bonchev–Trinajstić information content (AvgIpc) is 3.70. The number of carbonyl (C=O) groups excluding carboxylic acids is 4. The van der Waals surface area contributed by atoms with Crippen LogP contribution in [0.3, 0.4) is 0 Å². The molecule has 3 amide bonds. The number of hydrogen-bond acceptors (Lipinski definition) is 10. The molecule has 3 fully saturated rings. The maximum absolute atomic E-state index is 16.0. The number of hydrogen-bond donors (Lipinski definition) is 1. The van der Waals surface area contributed by atoms with Crippen LogP contribution in [-0.4, -0.2) is 91.5 Å². The quantitative estimate of drug-likeness (QED) is 0.144. The lowest BCUT2D eigenvalue weighted by Crippen LogP contribution is -2.56. The number of cyclic esters (lactones) is 1. The van der Waals surface area contributed by atoms with E-state index in [9.17, 15) is 9.90 Å². The zero-order valence-corrected chi connectivity index (χ0v) is 32.6. The largest absolute Gasteiger partial charge is 0.491 e. The Morgan fingerprint density at radius 3 is 2.05 bits per heavy atom. The molecule has 12 heteroatoms. The van der Waals surface area contributed by atoms with Crippen molar-refractivity contribution in [2.24, 2.45) is 5.92 Å². The number of para-hydroxylation sites is 1. The van der Waals surface area contributed by atoms with Gasteiger partial charge < -0.3 is 29.0 Å². The molecule has 1 N–H and O–H groups in total. The van der Waals surface area contributed by atoms with Crippen molar-refractivity contribution in [2.45, 2.75) is 61.7 Å². The Labute approximate surface area is 338 Å². The fraction of sp³-hybridized carbons (Fsp3) is 0.391. The fourth-order valence-electron chi connectivity index (χ4n) is 9.67. The fourth-order valence-corrected chi connectivity index (χ4v) is 9.67. The first-order valence-electron chi connectivity index (χ1n) is 20.2. The molecule has 4 aliphatic rings. The Hall–Kier alpha value is -5.56. The molecule has 0 radical (unpaired) electrons. The van der Waals surface area contributed by atoms with E-state index >= 15 is 14.4 Å². The van der Waals surface area contributed by atoms with Crippen LogP contribution in [0.15, 0.2) is 109 Å². The van der Waals surface area contributed by atoms with Crippen LogP contribution in [0.2, 0.25) is 0 Å². The molecule has 4 aliphatic heterocycles. The van der Waals surface area contributed by atoms with E-state index in [0.717, 1.165) is 48.1 Å². The number of methoxy groups -OCH3 is 1. The minimum atomic E-state index is -1.81. The van der Waals surface area contributed by atoms with E-state index < -0.39 is 53.5 Å². The van der Waals surface area contributed by atoms with Crippen LogP contribution in [0.1, 0.15) is 72.5 Å². The highest BCUT2D eigenvalue weighted by molar-refractivity contribution is 6.23. The van der Waals surface area contributed by atoms with Crippen molar-refractivity contribution in [1.29, 1.82) is 0 Å². The number of esters is 1. The number of fused-ring (bicyclic) bond motifs is 3. The van der Waals surface area contributed by atoms with E-state index in [-0.39, 0.29) is 38.0 Å². The standard InChI is InChI=1S/C46H49N3O9/c1-55-29-30-57-45(54)48-36-20-12-11-19-35(36)46(44(48)53)37(42(51)47-25-13-3-2-4-14-26-47)39-43(52)58-40(32-17-9-6-10-18-32)38(31-15-7-5-8-16-31)49(39)41(46)33-21-23-34(24-22-33)56-28-27-50/h5-12,15-24,37-41,50H,2-4,13-14,25-30H2,1H3/t37-,38-,39-,40+,41+,46-/m1/s1. The molecule has 0 bridgehead atoms. The molecule has 0 saturated carbocycles. The summed E-state index contributed by atoms with van der Waals surface area (Å²) in [6.45, 7) is 0.876. The highest BCUT2D eigenvalue weighted by atomic mass is 16.6. The van der Waals surface area contributed by atoms with Gasteiger partial charge in [-0.1, -0.05) is 110 Å². The third kappa shape index (κ3) is 6.82. The van der Waals surface area contributed by atoms with Crippen molar-refractivity contribution in [1.82, 2.24) is 9.80 Å². The molecule has 0 aliphatic carbocycles. The van der Waals surface area contributed by atoms with Gasteiger partial charge >= 0.3 is 12.1 Å². The number of amides is 3. The van der Waals surface area contributed by atoms with E-state index in [1.165, 1.54) is 7.11 Å². The van der Waals surface area contributed by atoms with Gasteiger partial charge in [0.15, 0.2) is 0 Å². The number of imide groups is 1. The summed E-state index contributed by atoms with van der Waals surface area (Å²) in [5.74, 6) is -2.42. The van der Waals surface area contributed by atoms with Crippen LogP contribution in [0.25, 0.3) is 0 Å². The summed E-state index contributed by atoms with van der Waals surface area (Å²) < 4.78 is 23.1. The van der Waals surface area contributed by atoms with Gasteiger partial charge in [-0.15, -0.1) is 0 Å². The third-order valence-corrected chi connectivity index (χ3v) is 12.1. The predicted molar refractivity (Wildman–Crippen MR) is 214 cm³/mol. The second-order valence-corrected chi connectivity index (χ2v) is 15.3. The number of aliphatic hydroxyl groups is 1. The zero-order chi connectivity index (χ0) is 40.2. The summed E-state index contributed by atoms with van der Waals surface area (Å²) in [5, 5.41) is 9.49. The predicted octanol–water partition coefficient (Wildman–Crippen LogP) is 6.30. The van der Waals surface area contributed by atoms with Crippen LogP contribution in [-0.2, 0) is 34.0 Å². The SMILES string of the molecule is COCCOC(=O)N1C(=O)[C@@]2(c3ccccc31)[C@H](c1ccc(OCCO)cc1)N1[C@H](c3ccccc3)[C@H](c3ccccc3)OC(=O)[C@H]1[C@@H]2C(=O)N1CCCCCCC1. The molecule has 4 heterocycles. The summed E-state index contributed by atoms with van der Waals surface area (Å²) in [5.41, 5.74) is 1.13. The lowest BCUT2D eigenvalue weighted by Gasteiger charge is -2.46. The number of carbonyl (C=O) groups is 4. The second-order valence-electron chi connectivity index (χ2n) is 15.3. The van der Waals surface area contributed by atoms with Crippen molar-refractivity contribution >= 4 is 29.6 Å². The van der Waals surface area contributed by atoms with Gasteiger partial charge in [0.1, 0.15) is 36.5 Å². The highest BCUT2D eigenvalue weighted by Gasteiger charge is 2.76. The zero-order valence-electron chi connectivity index (χ0n) is 32.6. The van der Waals surface area contributed by atoms with E-state index in [4.69, 9.17) is 18.9 Å². The smallest absolute Gasteiger partial charge is 0.421 e. The molecule has 0 unspecified atom stereocenters. The van der Waals surface area contributed by atoms with E-state index in [0.29, 0.717) is 30.0 Å². The van der Waals surface area contributed by atoms with Crippen LogP contribution in [0, 0.1) is 5.92 Å². The molecule has 1 spiro atoms. The summed E-state index contributed by atoms with van der Waals surface area (Å²) >= 11 is 0. The van der Waals surface area contributed by atoms with Gasteiger partial charge in [-0.05, 0) is 53.3 Å². The molecule has 58 heavy (non-hydrogen) atoms. The number of benzene rings is 4. The number of likely N-dealkylation sites (tertiary alicyclic amines) is 1. The number of aliphatic hydroxyl groups excluding tert-OH is 1. The molecule has 6 atom stereocenters. The Kier molecular flexibility index (Phi) is 11.6. The van der Waals surface area contributed by atoms with Crippen molar-refractivity contribution in [3.63, 3.8) is 0 Å². The third-order valence-electron chi connectivity index (χ3n) is 12.1. The van der Waals surface area contributed by atoms with Gasteiger partial charge in [0.05, 0.1) is 36.9 Å². The minimum absolute atomic E-state index is 0.0833. The molecule has 3 saturated heterocycles. The van der Waals surface area contributed by atoms with Gasteiger partial charge in [0, 0.05) is 20.2 Å². The number of ether oxygens (including phenoxy) is 4. The van der Waals surface area contributed by atoms with Gasteiger partial charge in [-0.25, -0.2) is 9.69 Å². The molecular weight excluding hydrogens is 739 g/mol. The van der Waals surface area contributed by atoms with Crippen molar-refractivity contribution < 1.29 is 43.2 Å². The number of rotatable bonds is 10. The summed E-state index contributed by atoms with van der Waals surface area (Å²) in [7, 11) is 1.49. The van der Waals surface area contributed by atoms with Crippen molar-refractivity contribution in [2.75, 3.05) is 51.5 Å². The first-order valence-corrected chi connectivity index (χ1v) is 20.2. The van der Waals surface area contributed by atoms with Gasteiger partial charge in [0.25, 0.3) is 0 Å². The molecule has 4 aromatic carbocycles. The first kappa shape index (κ1) is 39.3. The van der Waals surface area contributed by atoms with Crippen molar-refractivity contribution in [3.05, 3.63) is 131 Å². The molecule has 12 nitrogen and oxygen atoms in total.